The van der Waals surface area contributed by atoms with E-state index in [2.05, 4.69) is 35.2 Å². The molecule has 4 heteroatoms. The monoisotopic (exact) mass is 363 g/mol. The molecular weight excluding hydrogens is 338 g/mol. The first kappa shape index (κ1) is 17.8. The van der Waals surface area contributed by atoms with Crippen molar-refractivity contribution in [3.8, 4) is 11.5 Å². The summed E-state index contributed by atoms with van der Waals surface area (Å²) in [5.74, 6) is 1.41. The van der Waals surface area contributed by atoms with Crippen molar-refractivity contribution in [1.29, 1.82) is 0 Å². The fraction of sp³-hybridized carbons (Fsp3) is 0.348. The number of nitrogens with zero attached hydrogens (tertiary/aromatic N) is 1. The Morgan fingerprint density at radius 1 is 1.11 bits per heavy atom. The van der Waals surface area contributed by atoms with E-state index in [0.29, 0.717) is 24.0 Å². The summed E-state index contributed by atoms with van der Waals surface area (Å²) < 4.78 is 10.7. The third-order valence-corrected chi connectivity index (χ3v) is 5.56. The molecule has 0 bridgehead atoms. The quantitative estimate of drug-likeness (QED) is 0.752. The number of rotatable bonds is 5. The van der Waals surface area contributed by atoms with Crippen LogP contribution in [0.3, 0.4) is 0 Å². The van der Waals surface area contributed by atoms with Gasteiger partial charge in [0.05, 0.1) is 14.2 Å². The number of methoxy groups -OCH3 is 2. The number of fused-ring (bicyclic) bond motifs is 1. The highest BCUT2D eigenvalue weighted by molar-refractivity contribution is 6.13. The molecule has 1 saturated heterocycles. The molecule has 0 spiro atoms. The van der Waals surface area contributed by atoms with Crippen LogP contribution < -0.4 is 9.47 Å². The first-order valence-corrected chi connectivity index (χ1v) is 9.48. The van der Waals surface area contributed by atoms with Gasteiger partial charge in [-0.2, -0.15) is 0 Å². The topological polar surface area (TPSA) is 38.8 Å². The van der Waals surface area contributed by atoms with Crippen molar-refractivity contribution >= 4 is 5.78 Å². The lowest BCUT2D eigenvalue weighted by molar-refractivity contribution is 0.103. The van der Waals surface area contributed by atoms with Crippen molar-refractivity contribution in [3.05, 3.63) is 70.8 Å². The zero-order valence-electron chi connectivity index (χ0n) is 15.9. The van der Waals surface area contributed by atoms with Gasteiger partial charge >= 0.3 is 0 Å². The van der Waals surface area contributed by atoms with Gasteiger partial charge in [0, 0.05) is 30.1 Å². The molecule has 2 aromatic rings. The number of likely N-dealkylation sites (tertiary alicyclic amines) is 1. The number of carbonyl (C=O) groups is 1. The van der Waals surface area contributed by atoms with Crippen LogP contribution in [0.25, 0.3) is 0 Å². The predicted molar refractivity (Wildman–Crippen MR) is 106 cm³/mol. The third kappa shape index (κ3) is 3.50. The molecule has 0 radical (unpaired) electrons. The first-order valence-electron chi connectivity index (χ1n) is 9.48. The SMILES string of the molecule is COc1cc2c(cc1OC)C(=O)/C(=C/C1CCCN1Cc1ccccc1)C2. The molecular formula is C23H25NO3. The van der Waals surface area contributed by atoms with E-state index in [0.717, 1.165) is 36.2 Å². The molecule has 1 aliphatic heterocycles. The van der Waals surface area contributed by atoms with Crippen LogP contribution in [0.15, 0.2) is 54.1 Å². The van der Waals surface area contributed by atoms with Crippen molar-refractivity contribution < 1.29 is 14.3 Å². The van der Waals surface area contributed by atoms with Crippen molar-refractivity contribution in [1.82, 2.24) is 4.90 Å². The Labute approximate surface area is 160 Å². The largest absolute Gasteiger partial charge is 0.493 e. The number of Topliss-reactive ketones (excluding diaryl/α,β-unsaturated/α-hetero) is 1. The summed E-state index contributed by atoms with van der Waals surface area (Å²) in [5.41, 5.74) is 3.98. The van der Waals surface area contributed by atoms with E-state index >= 15 is 0 Å². The summed E-state index contributed by atoms with van der Waals surface area (Å²) in [7, 11) is 3.22. The number of hydrogen-bond donors (Lipinski definition) is 0. The van der Waals surface area contributed by atoms with Crippen LogP contribution in [0.2, 0.25) is 0 Å². The highest BCUT2D eigenvalue weighted by atomic mass is 16.5. The lowest BCUT2D eigenvalue weighted by atomic mass is 10.1. The van der Waals surface area contributed by atoms with Crippen LogP contribution in [0.1, 0.15) is 34.3 Å². The Hall–Kier alpha value is -2.59. The molecule has 1 unspecified atom stereocenters. The molecule has 140 valence electrons. The molecule has 0 saturated carbocycles. The molecule has 1 atom stereocenters. The van der Waals surface area contributed by atoms with E-state index in [1.165, 1.54) is 12.0 Å². The highest BCUT2D eigenvalue weighted by Gasteiger charge is 2.30. The van der Waals surface area contributed by atoms with Gasteiger partial charge < -0.3 is 9.47 Å². The molecule has 0 aromatic heterocycles. The Morgan fingerprint density at radius 2 is 1.85 bits per heavy atom. The molecule has 27 heavy (non-hydrogen) atoms. The average molecular weight is 363 g/mol. The maximum absolute atomic E-state index is 12.9. The van der Waals surface area contributed by atoms with Crippen molar-refractivity contribution in [2.45, 2.75) is 31.8 Å². The van der Waals surface area contributed by atoms with Gasteiger partial charge in [0.2, 0.25) is 0 Å². The van der Waals surface area contributed by atoms with Gasteiger partial charge in [-0.15, -0.1) is 0 Å². The summed E-state index contributed by atoms with van der Waals surface area (Å²) in [6.45, 7) is 2.00. The lowest BCUT2D eigenvalue weighted by Gasteiger charge is -2.22. The molecule has 1 fully saturated rings. The number of benzene rings is 2. The van der Waals surface area contributed by atoms with Crippen molar-refractivity contribution in [2.24, 2.45) is 0 Å². The van der Waals surface area contributed by atoms with Gasteiger partial charge in [-0.1, -0.05) is 36.4 Å². The Balaban J connectivity index is 1.56. The molecule has 1 heterocycles. The summed E-state index contributed by atoms with van der Waals surface area (Å²) in [6.07, 6.45) is 5.14. The van der Waals surface area contributed by atoms with Crippen LogP contribution in [0, 0.1) is 0 Å². The minimum atomic E-state index is 0.123. The molecule has 4 nitrogen and oxygen atoms in total. The first-order chi connectivity index (χ1) is 13.2. The Kier molecular flexibility index (Phi) is 4.99. The van der Waals surface area contributed by atoms with Gasteiger partial charge in [-0.05, 0) is 42.6 Å². The number of carbonyl (C=O) groups excluding carboxylic acids is 1. The van der Waals surface area contributed by atoms with Crippen molar-refractivity contribution in [2.75, 3.05) is 20.8 Å². The van der Waals surface area contributed by atoms with Crippen LogP contribution >= 0.6 is 0 Å². The number of allylic oxidation sites excluding steroid dienone is 1. The van der Waals surface area contributed by atoms with Crippen LogP contribution in [-0.4, -0.2) is 37.5 Å². The van der Waals surface area contributed by atoms with E-state index in [4.69, 9.17) is 9.47 Å². The second kappa shape index (κ2) is 7.57. The second-order valence-corrected chi connectivity index (χ2v) is 7.23. The molecule has 0 N–H and O–H groups in total. The second-order valence-electron chi connectivity index (χ2n) is 7.23. The van der Waals surface area contributed by atoms with Gasteiger partial charge in [0.1, 0.15) is 0 Å². The fourth-order valence-corrected chi connectivity index (χ4v) is 4.16. The summed E-state index contributed by atoms with van der Waals surface area (Å²) in [6, 6.07) is 14.6. The van der Waals surface area contributed by atoms with Gasteiger partial charge in [-0.3, -0.25) is 9.69 Å². The van der Waals surface area contributed by atoms with E-state index < -0.39 is 0 Å². The normalized spacial score (nSPS) is 20.9. The number of hydrogen-bond acceptors (Lipinski definition) is 4. The zero-order valence-corrected chi connectivity index (χ0v) is 15.9. The highest BCUT2D eigenvalue weighted by Crippen LogP contribution is 2.37. The minimum Gasteiger partial charge on any atom is -0.493 e. The number of ketones is 1. The summed E-state index contributed by atoms with van der Waals surface area (Å²) >= 11 is 0. The fourth-order valence-electron chi connectivity index (χ4n) is 4.16. The average Bonchev–Trinajstić information content (AvgIpc) is 3.26. The van der Waals surface area contributed by atoms with Crippen molar-refractivity contribution in [3.63, 3.8) is 0 Å². The Morgan fingerprint density at radius 3 is 2.59 bits per heavy atom. The zero-order chi connectivity index (χ0) is 18.8. The molecule has 4 rings (SSSR count). The van der Waals surface area contributed by atoms with E-state index in [1.54, 1.807) is 14.2 Å². The standard InChI is InChI=1S/C23H25NO3/c1-26-21-13-17-11-18(23(25)20(17)14-22(21)27-2)12-19-9-6-10-24(19)15-16-7-4-3-5-8-16/h3-5,7-8,12-14,19H,6,9-11,15H2,1-2H3/b18-12+. The third-order valence-electron chi connectivity index (χ3n) is 5.56. The van der Waals surface area contributed by atoms with E-state index in [-0.39, 0.29) is 5.78 Å². The van der Waals surface area contributed by atoms with Gasteiger partial charge in [0.25, 0.3) is 0 Å². The number of ether oxygens (including phenoxy) is 2. The van der Waals surface area contributed by atoms with E-state index in [1.807, 2.05) is 18.2 Å². The lowest BCUT2D eigenvalue weighted by Crippen LogP contribution is -2.28. The van der Waals surface area contributed by atoms with Crippen LogP contribution in [-0.2, 0) is 13.0 Å². The van der Waals surface area contributed by atoms with Gasteiger partial charge in [-0.25, -0.2) is 0 Å². The van der Waals surface area contributed by atoms with Gasteiger partial charge in [0.15, 0.2) is 17.3 Å². The Bertz CT molecular complexity index is 873. The molecule has 0 amide bonds. The maximum atomic E-state index is 12.9. The van der Waals surface area contributed by atoms with Crippen LogP contribution in [0.5, 0.6) is 11.5 Å². The maximum Gasteiger partial charge on any atom is 0.189 e. The smallest absolute Gasteiger partial charge is 0.189 e. The van der Waals surface area contributed by atoms with E-state index in [9.17, 15) is 4.79 Å². The molecule has 1 aliphatic carbocycles. The van der Waals surface area contributed by atoms with Crippen LogP contribution in [0.4, 0.5) is 0 Å². The predicted octanol–water partition coefficient (Wildman–Crippen LogP) is 4.03. The molecule has 2 aromatic carbocycles. The molecule has 2 aliphatic rings. The summed E-state index contributed by atoms with van der Waals surface area (Å²) in [4.78, 5) is 15.4. The minimum absolute atomic E-state index is 0.123. The summed E-state index contributed by atoms with van der Waals surface area (Å²) in [5, 5.41) is 0.